The number of benzene rings is 2. The molecule has 0 bridgehead atoms. The van der Waals surface area contributed by atoms with Gasteiger partial charge in [0.05, 0.1) is 5.69 Å². The highest BCUT2D eigenvalue weighted by atomic mass is 127. The molecule has 2 aromatic carbocycles. The van der Waals surface area contributed by atoms with Crippen molar-refractivity contribution >= 4 is 57.4 Å². The Morgan fingerprint density at radius 1 is 1.08 bits per heavy atom. The fourth-order valence-electron chi connectivity index (χ4n) is 3.39. The molecule has 0 fully saturated rings. The molecule has 1 aromatic heterocycles. The highest BCUT2D eigenvalue weighted by Crippen LogP contribution is 2.35. The minimum atomic E-state index is -0.0960. The van der Waals surface area contributed by atoms with Gasteiger partial charge in [0.15, 0.2) is 0 Å². The monoisotopic (exact) mass is 474 g/mol. The van der Waals surface area contributed by atoms with Gasteiger partial charge in [0.25, 0.3) is 5.91 Å². The maximum absolute atomic E-state index is 12.4. The van der Waals surface area contributed by atoms with E-state index in [1.54, 1.807) is 6.07 Å². The van der Waals surface area contributed by atoms with Gasteiger partial charge in [-0.15, -0.1) is 0 Å². The van der Waals surface area contributed by atoms with Crippen molar-refractivity contribution in [2.45, 2.75) is 13.8 Å². The molecule has 1 amide bonds. The molecule has 0 unspecified atom stereocenters. The van der Waals surface area contributed by atoms with Gasteiger partial charge in [-0.3, -0.25) is 4.79 Å². The number of rotatable bonds is 2. The number of hydrogen-bond acceptors (Lipinski definition) is 1. The van der Waals surface area contributed by atoms with Crippen LogP contribution in [0.5, 0.6) is 0 Å². The number of aryl methyl sites for hydroxylation is 1. The summed E-state index contributed by atoms with van der Waals surface area (Å²) in [6, 6.07) is 16.0. The Labute approximate surface area is 170 Å². The second-order valence-electron chi connectivity index (χ2n) is 6.34. The number of anilines is 1. The molecular formula is C21H16ClIN2O. The molecule has 3 aromatic rings. The SMILES string of the molecule is Cc1cc(C=C2C(=O)Nc3cc(Cl)ccc32)c(C)n1-c1ccc(I)cc1. The van der Waals surface area contributed by atoms with Crippen LogP contribution >= 0.6 is 34.2 Å². The van der Waals surface area contributed by atoms with E-state index in [4.69, 9.17) is 11.6 Å². The first-order chi connectivity index (χ1) is 12.4. The Hall–Kier alpha value is -2.05. The molecular weight excluding hydrogens is 459 g/mol. The lowest BCUT2D eigenvalue weighted by atomic mass is 10.0. The highest BCUT2D eigenvalue weighted by molar-refractivity contribution is 14.1. The van der Waals surface area contributed by atoms with Crippen LogP contribution in [0.2, 0.25) is 5.02 Å². The van der Waals surface area contributed by atoms with Gasteiger partial charge < -0.3 is 9.88 Å². The molecule has 5 heteroatoms. The van der Waals surface area contributed by atoms with Crippen molar-refractivity contribution in [1.29, 1.82) is 0 Å². The van der Waals surface area contributed by atoms with Crippen LogP contribution in [0.25, 0.3) is 17.3 Å². The zero-order valence-corrected chi connectivity index (χ0v) is 17.2. The summed E-state index contributed by atoms with van der Waals surface area (Å²) in [6.07, 6.45) is 1.96. The molecule has 0 radical (unpaired) electrons. The Morgan fingerprint density at radius 2 is 1.81 bits per heavy atom. The second kappa shape index (κ2) is 6.59. The van der Waals surface area contributed by atoms with Crippen LogP contribution in [-0.4, -0.2) is 10.5 Å². The first-order valence-electron chi connectivity index (χ1n) is 8.22. The van der Waals surface area contributed by atoms with Crippen molar-refractivity contribution < 1.29 is 4.79 Å². The van der Waals surface area contributed by atoms with E-state index in [1.807, 2.05) is 18.2 Å². The summed E-state index contributed by atoms with van der Waals surface area (Å²) in [5.74, 6) is -0.0960. The van der Waals surface area contributed by atoms with Crippen molar-refractivity contribution in [2.75, 3.05) is 5.32 Å². The third-order valence-electron chi connectivity index (χ3n) is 4.62. The lowest BCUT2D eigenvalue weighted by Crippen LogP contribution is -2.03. The number of aromatic nitrogens is 1. The van der Waals surface area contributed by atoms with Gasteiger partial charge in [0, 0.05) is 36.8 Å². The molecule has 0 spiro atoms. The number of fused-ring (bicyclic) bond motifs is 1. The van der Waals surface area contributed by atoms with Crippen molar-refractivity contribution in [2.24, 2.45) is 0 Å². The summed E-state index contributed by atoms with van der Waals surface area (Å²) in [7, 11) is 0. The fraction of sp³-hybridized carbons (Fsp3) is 0.0952. The predicted molar refractivity (Wildman–Crippen MR) is 116 cm³/mol. The number of hydrogen-bond donors (Lipinski definition) is 1. The lowest BCUT2D eigenvalue weighted by molar-refractivity contribution is -0.110. The van der Waals surface area contributed by atoms with Crippen LogP contribution in [0, 0.1) is 17.4 Å². The zero-order chi connectivity index (χ0) is 18.4. The van der Waals surface area contributed by atoms with Crippen LogP contribution in [-0.2, 0) is 4.79 Å². The largest absolute Gasteiger partial charge is 0.321 e. The predicted octanol–water partition coefficient (Wildman–Crippen LogP) is 5.84. The van der Waals surface area contributed by atoms with Crippen molar-refractivity contribution in [3.05, 3.63) is 79.6 Å². The fourth-order valence-corrected chi connectivity index (χ4v) is 3.92. The van der Waals surface area contributed by atoms with Gasteiger partial charge >= 0.3 is 0 Å². The average molecular weight is 475 g/mol. The lowest BCUT2D eigenvalue weighted by Gasteiger charge is -2.09. The maximum Gasteiger partial charge on any atom is 0.256 e. The van der Waals surface area contributed by atoms with Crippen molar-refractivity contribution in [1.82, 2.24) is 4.57 Å². The molecule has 0 atom stereocenters. The van der Waals surface area contributed by atoms with Crippen LogP contribution in [0.4, 0.5) is 5.69 Å². The number of halogens is 2. The van der Waals surface area contributed by atoms with E-state index in [9.17, 15) is 4.79 Å². The molecule has 1 aliphatic rings. The Balaban J connectivity index is 1.81. The number of nitrogens with one attached hydrogen (secondary N) is 1. The third kappa shape index (κ3) is 2.97. The number of carbonyl (C=O) groups is 1. The van der Waals surface area contributed by atoms with Crippen LogP contribution in [0.3, 0.4) is 0 Å². The molecule has 3 nitrogen and oxygen atoms in total. The Morgan fingerprint density at radius 3 is 2.54 bits per heavy atom. The van der Waals surface area contributed by atoms with Gasteiger partial charge in [-0.25, -0.2) is 0 Å². The molecule has 2 heterocycles. The van der Waals surface area contributed by atoms with Crippen LogP contribution < -0.4 is 5.32 Å². The van der Waals surface area contributed by atoms with Gasteiger partial charge in [-0.1, -0.05) is 17.7 Å². The summed E-state index contributed by atoms with van der Waals surface area (Å²) < 4.78 is 3.41. The average Bonchev–Trinajstić information content (AvgIpc) is 3.05. The van der Waals surface area contributed by atoms with Gasteiger partial charge in [-0.05, 0) is 90.5 Å². The summed E-state index contributed by atoms with van der Waals surface area (Å²) in [5, 5.41) is 3.50. The first-order valence-corrected chi connectivity index (χ1v) is 9.67. The number of carbonyl (C=O) groups excluding carboxylic acids is 1. The molecule has 4 rings (SSSR count). The normalized spacial score (nSPS) is 14.6. The minimum Gasteiger partial charge on any atom is -0.321 e. The van der Waals surface area contributed by atoms with E-state index in [0.29, 0.717) is 10.6 Å². The van der Waals surface area contributed by atoms with E-state index >= 15 is 0 Å². The molecule has 0 aliphatic carbocycles. The van der Waals surface area contributed by atoms with Gasteiger partial charge in [0.2, 0.25) is 0 Å². The smallest absolute Gasteiger partial charge is 0.256 e. The van der Waals surface area contributed by atoms with Gasteiger partial charge in [-0.2, -0.15) is 0 Å². The quantitative estimate of drug-likeness (QED) is 0.367. The molecule has 1 aliphatic heterocycles. The second-order valence-corrected chi connectivity index (χ2v) is 8.02. The Kier molecular flexibility index (Phi) is 4.40. The number of nitrogens with zero attached hydrogens (tertiary/aromatic N) is 1. The zero-order valence-electron chi connectivity index (χ0n) is 14.3. The summed E-state index contributed by atoms with van der Waals surface area (Å²) in [4.78, 5) is 12.4. The van der Waals surface area contributed by atoms with Crippen molar-refractivity contribution in [3.63, 3.8) is 0 Å². The highest BCUT2D eigenvalue weighted by Gasteiger charge is 2.24. The molecule has 26 heavy (non-hydrogen) atoms. The first kappa shape index (κ1) is 17.4. The van der Waals surface area contributed by atoms with E-state index in [0.717, 1.165) is 33.9 Å². The molecule has 0 saturated carbocycles. The topological polar surface area (TPSA) is 34.0 Å². The molecule has 0 saturated heterocycles. The van der Waals surface area contributed by atoms with E-state index < -0.39 is 0 Å². The molecule has 1 N–H and O–H groups in total. The Bertz CT molecular complexity index is 1060. The van der Waals surface area contributed by atoms with Crippen LogP contribution in [0.15, 0.2) is 48.5 Å². The van der Waals surface area contributed by atoms with E-state index in [2.05, 4.69) is 76.7 Å². The molecule has 130 valence electrons. The van der Waals surface area contributed by atoms with Crippen molar-refractivity contribution in [3.8, 4) is 5.69 Å². The van der Waals surface area contributed by atoms with Crippen LogP contribution in [0.1, 0.15) is 22.5 Å². The third-order valence-corrected chi connectivity index (χ3v) is 5.57. The van der Waals surface area contributed by atoms with Gasteiger partial charge in [0.1, 0.15) is 0 Å². The number of amides is 1. The maximum atomic E-state index is 12.4. The van der Waals surface area contributed by atoms with E-state index in [-0.39, 0.29) is 5.91 Å². The summed E-state index contributed by atoms with van der Waals surface area (Å²) in [6.45, 7) is 4.16. The standard InChI is InChI=1S/C21H16ClIN2O/c1-12-9-14(13(2)25(12)17-6-4-16(23)5-7-17)10-19-18-8-3-15(22)11-20(18)24-21(19)26/h3-11H,1-2H3,(H,24,26). The minimum absolute atomic E-state index is 0.0960. The van der Waals surface area contributed by atoms with E-state index in [1.165, 1.54) is 3.57 Å². The summed E-state index contributed by atoms with van der Waals surface area (Å²) >= 11 is 8.34. The summed E-state index contributed by atoms with van der Waals surface area (Å²) in [5.41, 5.74) is 6.71.